The number of nitrogens with one attached hydrogen (secondary N) is 1. The molecule has 0 bridgehead atoms. The predicted octanol–water partition coefficient (Wildman–Crippen LogP) is 0.683. The van der Waals surface area contributed by atoms with Gasteiger partial charge < -0.3 is 14.8 Å². The Kier molecular flexibility index (Phi) is 5.93. The molecular weight excluding hydrogens is 198 g/mol. The minimum atomic E-state index is -0.843. The first-order chi connectivity index (χ1) is 6.88. The lowest BCUT2D eigenvalue weighted by Gasteiger charge is -2.21. The Balaban J connectivity index is 4.16. The van der Waals surface area contributed by atoms with Crippen molar-refractivity contribution in [2.45, 2.75) is 40.0 Å². The van der Waals surface area contributed by atoms with E-state index in [2.05, 4.69) is 10.1 Å². The van der Waals surface area contributed by atoms with E-state index in [1.54, 1.807) is 7.05 Å². The molecule has 0 aliphatic carbocycles. The van der Waals surface area contributed by atoms with E-state index >= 15 is 0 Å². The zero-order valence-corrected chi connectivity index (χ0v) is 9.87. The fraction of sp³-hybridized carbons (Fsp3) is 0.800. The number of hydrogen-bond donors (Lipinski definition) is 1. The van der Waals surface area contributed by atoms with Crippen LogP contribution in [0.2, 0.25) is 0 Å². The van der Waals surface area contributed by atoms with Gasteiger partial charge >= 0.3 is 11.9 Å². The largest absolute Gasteiger partial charge is 0.426 e. The topological polar surface area (TPSA) is 64.6 Å². The third kappa shape index (κ3) is 5.37. The van der Waals surface area contributed by atoms with Crippen molar-refractivity contribution in [2.75, 3.05) is 7.05 Å². The molecule has 0 aromatic heterocycles. The smallest absolute Gasteiger partial charge is 0.326 e. The van der Waals surface area contributed by atoms with Crippen LogP contribution in [0.1, 0.15) is 27.7 Å². The van der Waals surface area contributed by atoms with E-state index in [1.807, 2.05) is 13.8 Å². The second-order valence-corrected chi connectivity index (χ2v) is 3.62. The highest BCUT2D eigenvalue weighted by Gasteiger charge is 2.24. The Bertz CT molecular complexity index is 227. The van der Waals surface area contributed by atoms with Gasteiger partial charge in [0.2, 0.25) is 6.29 Å². The van der Waals surface area contributed by atoms with Gasteiger partial charge in [-0.05, 0) is 13.0 Å². The summed E-state index contributed by atoms with van der Waals surface area (Å²) in [7, 11) is 1.68. The Morgan fingerprint density at radius 3 is 2.00 bits per heavy atom. The molecule has 0 aliphatic rings. The lowest BCUT2D eigenvalue weighted by Crippen LogP contribution is -2.41. The maximum absolute atomic E-state index is 11.5. The van der Waals surface area contributed by atoms with Crippen LogP contribution in [0, 0.1) is 5.92 Å². The summed E-state index contributed by atoms with van der Waals surface area (Å²) in [5.41, 5.74) is 0. The molecule has 5 nitrogen and oxygen atoms in total. The van der Waals surface area contributed by atoms with Crippen LogP contribution in [0.3, 0.4) is 0 Å². The van der Waals surface area contributed by atoms with Crippen LogP contribution in [-0.4, -0.2) is 31.3 Å². The Morgan fingerprint density at radius 1 is 1.13 bits per heavy atom. The Labute approximate surface area is 90.1 Å². The minimum Gasteiger partial charge on any atom is -0.426 e. The fourth-order valence-corrected chi connectivity index (χ4v) is 1.22. The first-order valence-electron chi connectivity index (χ1n) is 4.93. The molecule has 2 atom stereocenters. The number of ether oxygens (including phenoxy) is 2. The van der Waals surface area contributed by atoms with Gasteiger partial charge in [-0.2, -0.15) is 0 Å². The number of rotatable bonds is 5. The maximum Gasteiger partial charge on any atom is 0.326 e. The van der Waals surface area contributed by atoms with Gasteiger partial charge in [-0.15, -0.1) is 0 Å². The first kappa shape index (κ1) is 13.9. The van der Waals surface area contributed by atoms with Crippen molar-refractivity contribution >= 4 is 11.9 Å². The highest BCUT2D eigenvalue weighted by molar-refractivity contribution is 5.76. The van der Waals surface area contributed by atoms with Crippen molar-refractivity contribution in [3.63, 3.8) is 0 Å². The fourth-order valence-electron chi connectivity index (χ4n) is 1.22. The van der Waals surface area contributed by atoms with Crippen LogP contribution in [0.5, 0.6) is 0 Å². The third-order valence-electron chi connectivity index (χ3n) is 1.85. The van der Waals surface area contributed by atoms with Gasteiger partial charge in [0.15, 0.2) is 0 Å². The van der Waals surface area contributed by atoms with E-state index in [9.17, 15) is 9.59 Å². The van der Waals surface area contributed by atoms with E-state index in [1.165, 1.54) is 13.8 Å². The molecule has 0 saturated carbocycles. The van der Waals surface area contributed by atoms with Crippen molar-refractivity contribution in [2.24, 2.45) is 5.92 Å². The molecule has 0 heterocycles. The average Bonchev–Trinajstić information content (AvgIpc) is 2.01. The maximum atomic E-state index is 11.5. The van der Waals surface area contributed by atoms with Crippen molar-refractivity contribution in [3.05, 3.63) is 0 Å². The van der Waals surface area contributed by atoms with Gasteiger partial charge in [0.1, 0.15) is 6.04 Å². The molecule has 5 heteroatoms. The molecule has 1 unspecified atom stereocenters. The molecule has 88 valence electrons. The molecule has 0 aromatic carbocycles. The number of carbonyl (C=O) groups excluding carboxylic acids is 2. The van der Waals surface area contributed by atoms with Crippen molar-refractivity contribution in [1.29, 1.82) is 0 Å². The monoisotopic (exact) mass is 217 g/mol. The summed E-state index contributed by atoms with van der Waals surface area (Å²) >= 11 is 0. The Morgan fingerprint density at radius 2 is 1.67 bits per heavy atom. The quantitative estimate of drug-likeness (QED) is 0.542. The van der Waals surface area contributed by atoms with Crippen molar-refractivity contribution < 1.29 is 19.1 Å². The molecule has 0 spiro atoms. The summed E-state index contributed by atoms with van der Waals surface area (Å²) in [5.74, 6) is -0.769. The van der Waals surface area contributed by atoms with Gasteiger partial charge in [-0.25, -0.2) is 0 Å². The summed E-state index contributed by atoms with van der Waals surface area (Å²) in [6.45, 7) is 6.58. The van der Waals surface area contributed by atoms with Crippen LogP contribution < -0.4 is 5.32 Å². The zero-order chi connectivity index (χ0) is 12.0. The van der Waals surface area contributed by atoms with Crippen molar-refractivity contribution in [1.82, 2.24) is 5.32 Å². The van der Waals surface area contributed by atoms with Crippen LogP contribution in [0.4, 0.5) is 0 Å². The SMILES string of the molecule is CN[C@@H](C(=O)OC(C)OC(C)=O)C(C)C. The number of esters is 2. The van der Waals surface area contributed by atoms with Gasteiger partial charge in [0.25, 0.3) is 0 Å². The molecule has 0 amide bonds. The summed E-state index contributed by atoms with van der Waals surface area (Å²) in [5, 5.41) is 2.84. The zero-order valence-electron chi connectivity index (χ0n) is 9.87. The van der Waals surface area contributed by atoms with Gasteiger partial charge in [0.05, 0.1) is 0 Å². The van der Waals surface area contributed by atoms with Crippen LogP contribution >= 0.6 is 0 Å². The van der Waals surface area contributed by atoms with Gasteiger partial charge in [0, 0.05) is 13.8 Å². The summed E-state index contributed by atoms with van der Waals surface area (Å²) in [6, 6.07) is -0.386. The lowest BCUT2D eigenvalue weighted by molar-refractivity contribution is -0.185. The third-order valence-corrected chi connectivity index (χ3v) is 1.85. The Hall–Kier alpha value is -1.10. The van der Waals surface area contributed by atoms with Crippen molar-refractivity contribution in [3.8, 4) is 0 Å². The molecule has 0 aliphatic heterocycles. The van der Waals surface area contributed by atoms with E-state index in [-0.39, 0.29) is 12.0 Å². The number of hydrogen-bond acceptors (Lipinski definition) is 5. The normalized spacial score (nSPS) is 14.5. The van der Waals surface area contributed by atoms with E-state index in [0.717, 1.165) is 0 Å². The van der Waals surface area contributed by atoms with E-state index in [4.69, 9.17) is 4.74 Å². The van der Waals surface area contributed by atoms with Gasteiger partial charge in [-0.1, -0.05) is 13.8 Å². The number of likely N-dealkylation sites (N-methyl/N-ethyl adjacent to an activating group) is 1. The summed E-state index contributed by atoms with van der Waals surface area (Å²) < 4.78 is 9.62. The average molecular weight is 217 g/mol. The number of carbonyl (C=O) groups is 2. The molecule has 15 heavy (non-hydrogen) atoms. The molecule has 0 saturated heterocycles. The molecule has 0 rings (SSSR count). The first-order valence-corrected chi connectivity index (χ1v) is 4.93. The molecule has 0 fully saturated rings. The van der Waals surface area contributed by atoms with Gasteiger partial charge in [-0.3, -0.25) is 9.59 Å². The van der Waals surface area contributed by atoms with E-state index < -0.39 is 18.2 Å². The van der Waals surface area contributed by atoms with Crippen LogP contribution in [-0.2, 0) is 19.1 Å². The molecule has 0 aromatic rings. The highest BCUT2D eigenvalue weighted by Crippen LogP contribution is 2.05. The van der Waals surface area contributed by atoms with Crippen LogP contribution in [0.15, 0.2) is 0 Å². The molecule has 0 radical (unpaired) electrons. The second kappa shape index (κ2) is 6.40. The lowest BCUT2D eigenvalue weighted by atomic mass is 10.1. The highest BCUT2D eigenvalue weighted by atomic mass is 16.7. The predicted molar refractivity (Wildman–Crippen MR) is 55.0 cm³/mol. The second-order valence-electron chi connectivity index (χ2n) is 3.62. The molecule has 1 N–H and O–H groups in total. The summed E-state index contributed by atoms with van der Waals surface area (Å²) in [6.07, 6.45) is -0.843. The standard InChI is InChI=1S/C10H19NO4/c1-6(2)9(11-5)10(13)15-8(4)14-7(3)12/h6,8-9,11H,1-5H3/t8?,9-/m1/s1. The minimum absolute atomic E-state index is 0.118. The van der Waals surface area contributed by atoms with E-state index in [0.29, 0.717) is 0 Å². The molecular formula is C10H19NO4. The van der Waals surface area contributed by atoms with Crippen LogP contribution in [0.25, 0.3) is 0 Å². The summed E-state index contributed by atoms with van der Waals surface area (Å²) in [4.78, 5) is 22.1.